The van der Waals surface area contributed by atoms with Gasteiger partial charge in [-0.25, -0.2) is 9.59 Å². The van der Waals surface area contributed by atoms with Crippen LogP contribution in [0, 0.1) is 0 Å². The molecule has 0 bridgehead atoms. The van der Waals surface area contributed by atoms with E-state index in [1.54, 1.807) is 4.90 Å². The number of carbonyl (C=O) groups is 3. The van der Waals surface area contributed by atoms with Gasteiger partial charge in [0.2, 0.25) is 0 Å². The number of carboxylic acid groups (broad SMARTS) is 2. The summed E-state index contributed by atoms with van der Waals surface area (Å²) >= 11 is 0. The molecule has 0 aromatic heterocycles. The number of amides is 1. The topological polar surface area (TPSA) is 107 Å². The van der Waals surface area contributed by atoms with Gasteiger partial charge in [0.25, 0.3) is 5.91 Å². The van der Waals surface area contributed by atoms with E-state index >= 15 is 0 Å². The molecule has 0 saturated carbocycles. The van der Waals surface area contributed by atoms with Crippen molar-refractivity contribution in [2.75, 3.05) is 34.2 Å². The highest BCUT2D eigenvalue weighted by Crippen LogP contribution is 2.30. The van der Waals surface area contributed by atoms with Crippen molar-refractivity contribution >= 4 is 28.6 Å². The van der Waals surface area contributed by atoms with E-state index in [0.717, 1.165) is 23.7 Å². The van der Waals surface area contributed by atoms with Crippen LogP contribution in [0.3, 0.4) is 0 Å². The van der Waals surface area contributed by atoms with E-state index < -0.39 is 11.9 Å². The molecule has 3 rings (SSSR count). The maximum atomic E-state index is 12.6. The third-order valence-electron chi connectivity index (χ3n) is 4.28. The van der Waals surface area contributed by atoms with E-state index in [4.69, 9.17) is 24.5 Å². The van der Waals surface area contributed by atoms with Gasteiger partial charge >= 0.3 is 11.9 Å². The number of benzene rings is 2. The Morgan fingerprint density at radius 3 is 2.25 bits per heavy atom. The first kappa shape index (κ1) is 21.2. The van der Waals surface area contributed by atoms with Gasteiger partial charge in [-0.1, -0.05) is 24.3 Å². The summed E-state index contributed by atoms with van der Waals surface area (Å²) < 4.78 is 6.17. The molecule has 1 aliphatic heterocycles. The van der Waals surface area contributed by atoms with Gasteiger partial charge in [-0.05, 0) is 43.4 Å². The maximum absolute atomic E-state index is 12.6. The van der Waals surface area contributed by atoms with Crippen molar-refractivity contribution in [3.8, 4) is 5.75 Å². The molecule has 150 valence electrons. The van der Waals surface area contributed by atoms with Crippen LogP contribution in [0.4, 0.5) is 0 Å². The van der Waals surface area contributed by atoms with Crippen LogP contribution in [-0.4, -0.2) is 78.2 Å². The second-order valence-electron chi connectivity index (χ2n) is 6.82. The summed E-state index contributed by atoms with van der Waals surface area (Å²) in [6, 6.07) is 12.0. The predicted octanol–water partition coefficient (Wildman–Crippen LogP) is 1.78. The number of nitrogens with zero attached hydrogens (tertiary/aromatic N) is 2. The number of aliphatic carboxylic acids is 2. The Kier molecular flexibility index (Phi) is 6.94. The summed E-state index contributed by atoms with van der Waals surface area (Å²) in [5.41, 5.74) is 0.661. The van der Waals surface area contributed by atoms with Crippen molar-refractivity contribution in [3.05, 3.63) is 42.0 Å². The van der Waals surface area contributed by atoms with E-state index in [2.05, 4.69) is 4.90 Å². The highest BCUT2D eigenvalue weighted by molar-refractivity contribution is 6.27. The van der Waals surface area contributed by atoms with Gasteiger partial charge in [-0.15, -0.1) is 0 Å². The van der Waals surface area contributed by atoms with Crippen molar-refractivity contribution in [1.29, 1.82) is 0 Å². The second-order valence-corrected chi connectivity index (χ2v) is 6.82. The van der Waals surface area contributed by atoms with E-state index in [1.165, 1.54) is 0 Å². The molecule has 8 heteroatoms. The summed E-state index contributed by atoms with van der Waals surface area (Å²) in [7, 11) is 5.94. The molecule has 1 heterocycles. The molecule has 0 spiro atoms. The predicted molar refractivity (Wildman–Crippen MR) is 104 cm³/mol. The third-order valence-corrected chi connectivity index (χ3v) is 4.28. The average molecular weight is 388 g/mol. The van der Waals surface area contributed by atoms with Crippen LogP contribution < -0.4 is 4.74 Å². The highest BCUT2D eigenvalue weighted by Gasteiger charge is 2.27. The Morgan fingerprint density at radius 1 is 1.14 bits per heavy atom. The summed E-state index contributed by atoms with van der Waals surface area (Å²) in [5.74, 6) is -2.91. The van der Waals surface area contributed by atoms with Crippen LogP contribution in [0.5, 0.6) is 5.75 Å². The maximum Gasteiger partial charge on any atom is 0.414 e. The Bertz CT molecular complexity index is 868. The molecule has 1 amide bonds. The second kappa shape index (κ2) is 9.18. The van der Waals surface area contributed by atoms with Gasteiger partial charge in [0.1, 0.15) is 11.9 Å². The average Bonchev–Trinajstić information content (AvgIpc) is 2.75. The standard InChI is InChI=1S/C18H22N2O2.C2H2O4/c1-19(2)9-8-15-12-20(3)18(21)16-10-13-6-4-5-7-14(13)11-17(16)22-15;3-1(4)2(5)6/h4-7,10-11,15H,8-9,12H2,1-3H3;(H,3,4)(H,5,6). The number of hydrogen-bond acceptors (Lipinski definition) is 5. The molecule has 0 radical (unpaired) electrons. The Labute approximate surface area is 162 Å². The van der Waals surface area contributed by atoms with Gasteiger partial charge in [0.15, 0.2) is 0 Å². The molecule has 8 nitrogen and oxygen atoms in total. The summed E-state index contributed by atoms with van der Waals surface area (Å²) in [6.07, 6.45) is 0.926. The van der Waals surface area contributed by atoms with E-state index in [9.17, 15) is 4.79 Å². The van der Waals surface area contributed by atoms with Gasteiger partial charge in [-0.2, -0.15) is 0 Å². The van der Waals surface area contributed by atoms with Gasteiger partial charge in [0.05, 0.1) is 12.1 Å². The summed E-state index contributed by atoms with van der Waals surface area (Å²) in [4.78, 5) is 34.7. The monoisotopic (exact) mass is 388 g/mol. The van der Waals surface area contributed by atoms with Crippen LogP contribution in [-0.2, 0) is 9.59 Å². The van der Waals surface area contributed by atoms with E-state index in [0.29, 0.717) is 17.9 Å². The van der Waals surface area contributed by atoms with Crippen LogP contribution >= 0.6 is 0 Å². The van der Waals surface area contributed by atoms with E-state index in [1.807, 2.05) is 57.5 Å². The molecule has 2 aromatic carbocycles. The fourth-order valence-electron chi connectivity index (χ4n) is 2.85. The number of carbonyl (C=O) groups excluding carboxylic acids is 1. The quantitative estimate of drug-likeness (QED) is 0.772. The van der Waals surface area contributed by atoms with Crippen molar-refractivity contribution in [1.82, 2.24) is 9.80 Å². The van der Waals surface area contributed by atoms with Crippen LogP contribution in [0.25, 0.3) is 10.8 Å². The lowest BCUT2D eigenvalue weighted by molar-refractivity contribution is -0.159. The summed E-state index contributed by atoms with van der Waals surface area (Å²) in [6.45, 7) is 1.56. The zero-order chi connectivity index (χ0) is 20.8. The van der Waals surface area contributed by atoms with Crippen LogP contribution in [0.2, 0.25) is 0 Å². The van der Waals surface area contributed by atoms with Gasteiger partial charge in [-0.3, -0.25) is 4.79 Å². The third kappa shape index (κ3) is 5.43. The van der Waals surface area contributed by atoms with E-state index in [-0.39, 0.29) is 12.0 Å². The number of ether oxygens (including phenoxy) is 1. The molecular formula is C20H24N2O6. The fraction of sp³-hybridized carbons (Fsp3) is 0.350. The van der Waals surface area contributed by atoms with Crippen LogP contribution in [0.15, 0.2) is 36.4 Å². The van der Waals surface area contributed by atoms with Gasteiger partial charge in [0, 0.05) is 13.6 Å². The SMILES string of the molecule is CN(C)CCC1CN(C)C(=O)c2cc3ccccc3cc2O1.O=C(O)C(=O)O. The number of carboxylic acids is 2. The lowest BCUT2D eigenvalue weighted by Gasteiger charge is -2.22. The molecule has 1 aliphatic rings. The molecule has 2 aromatic rings. The van der Waals surface area contributed by atoms with Crippen molar-refractivity contribution < 1.29 is 29.3 Å². The Morgan fingerprint density at radius 2 is 1.71 bits per heavy atom. The molecule has 0 fully saturated rings. The molecular weight excluding hydrogens is 364 g/mol. The molecule has 1 unspecified atom stereocenters. The first-order chi connectivity index (χ1) is 13.2. The van der Waals surface area contributed by atoms with Crippen molar-refractivity contribution in [2.24, 2.45) is 0 Å². The van der Waals surface area contributed by atoms with Crippen molar-refractivity contribution in [2.45, 2.75) is 12.5 Å². The molecule has 1 atom stereocenters. The number of likely N-dealkylation sites (N-methyl/N-ethyl adjacent to an activating group) is 1. The van der Waals surface area contributed by atoms with Crippen molar-refractivity contribution in [3.63, 3.8) is 0 Å². The molecule has 0 aliphatic carbocycles. The number of hydrogen-bond donors (Lipinski definition) is 2. The highest BCUT2D eigenvalue weighted by atomic mass is 16.5. The lowest BCUT2D eigenvalue weighted by atomic mass is 10.1. The molecule has 2 N–H and O–H groups in total. The first-order valence-corrected chi connectivity index (χ1v) is 8.75. The minimum atomic E-state index is -1.82. The number of rotatable bonds is 3. The number of fused-ring (bicyclic) bond motifs is 2. The zero-order valence-corrected chi connectivity index (χ0v) is 16.1. The normalized spacial score (nSPS) is 15.9. The molecule has 0 saturated heterocycles. The van der Waals surface area contributed by atoms with Crippen LogP contribution in [0.1, 0.15) is 16.8 Å². The summed E-state index contributed by atoms with van der Waals surface area (Å²) in [5, 5.41) is 17.0. The largest absolute Gasteiger partial charge is 0.488 e. The molecule has 28 heavy (non-hydrogen) atoms. The minimum Gasteiger partial charge on any atom is -0.488 e. The fourth-order valence-corrected chi connectivity index (χ4v) is 2.85. The Balaban J connectivity index is 0.000000409. The smallest absolute Gasteiger partial charge is 0.414 e. The minimum absolute atomic E-state index is 0.0266. The Hall–Kier alpha value is -3.13. The first-order valence-electron chi connectivity index (χ1n) is 8.75. The van der Waals surface area contributed by atoms with Gasteiger partial charge < -0.3 is 24.7 Å². The zero-order valence-electron chi connectivity index (χ0n) is 16.1. The lowest BCUT2D eigenvalue weighted by Crippen LogP contribution is -2.35.